The summed E-state index contributed by atoms with van der Waals surface area (Å²) in [6, 6.07) is 6.36. The fourth-order valence-corrected chi connectivity index (χ4v) is 2.39. The first kappa shape index (κ1) is 23.5. The zero-order valence-corrected chi connectivity index (χ0v) is 17.3. The number of nitrogens with zero attached hydrogens (tertiary/aromatic N) is 4. The summed E-state index contributed by atoms with van der Waals surface area (Å²) in [5.74, 6) is 2.33. The first-order valence-corrected chi connectivity index (χ1v) is 9.43. The molecule has 0 amide bonds. The van der Waals surface area contributed by atoms with Crippen molar-refractivity contribution in [2.45, 2.75) is 32.6 Å². The maximum Gasteiger partial charge on any atom is 0.422 e. The van der Waals surface area contributed by atoms with E-state index < -0.39 is 12.8 Å². The number of hydrogen-bond donors (Lipinski definition) is 2. The Balaban J connectivity index is 1.95. The maximum absolute atomic E-state index is 12.2. The van der Waals surface area contributed by atoms with Crippen molar-refractivity contribution in [2.75, 3.05) is 26.9 Å². The number of halogens is 3. The summed E-state index contributed by atoms with van der Waals surface area (Å²) in [5, 5.41) is 14.6. The number of rotatable bonds is 10. The summed E-state index contributed by atoms with van der Waals surface area (Å²) in [7, 11) is 3.53. The Morgan fingerprint density at radius 1 is 1.17 bits per heavy atom. The van der Waals surface area contributed by atoms with E-state index in [1.165, 1.54) is 12.1 Å². The van der Waals surface area contributed by atoms with Gasteiger partial charge in [-0.05, 0) is 31.0 Å². The van der Waals surface area contributed by atoms with Crippen LogP contribution >= 0.6 is 0 Å². The van der Waals surface area contributed by atoms with Gasteiger partial charge in [0.05, 0.1) is 13.1 Å². The molecule has 0 saturated carbocycles. The lowest BCUT2D eigenvalue weighted by molar-refractivity contribution is -0.153. The van der Waals surface area contributed by atoms with Gasteiger partial charge < -0.3 is 24.7 Å². The second-order valence-corrected chi connectivity index (χ2v) is 6.56. The number of guanidine groups is 1. The maximum atomic E-state index is 12.2. The average molecular weight is 428 g/mol. The Morgan fingerprint density at radius 3 is 2.50 bits per heavy atom. The molecular weight excluding hydrogens is 401 g/mol. The molecule has 1 aromatic carbocycles. The molecule has 2 N–H and O–H groups in total. The van der Waals surface area contributed by atoms with Crippen molar-refractivity contribution in [3.8, 4) is 5.75 Å². The molecule has 0 aliphatic heterocycles. The zero-order valence-electron chi connectivity index (χ0n) is 17.3. The normalized spacial score (nSPS) is 12.1. The van der Waals surface area contributed by atoms with Gasteiger partial charge in [0.15, 0.2) is 18.4 Å². The molecule has 0 aliphatic rings. The standard InChI is InChI=1S/C19H27F3N6O2/c1-14-26-27-17(28(14)2)12-25-18(23-9-4-10-29-3)24-11-15-5-7-16(8-6-15)30-13-19(20,21)22/h5-8H,4,9-13H2,1-3H3,(H2,23,24,25). The Kier molecular flexibility index (Phi) is 8.90. The molecule has 1 heterocycles. The van der Waals surface area contributed by atoms with Crippen molar-refractivity contribution in [1.29, 1.82) is 0 Å². The first-order valence-electron chi connectivity index (χ1n) is 9.43. The monoisotopic (exact) mass is 428 g/mol. The second kappa shape index (κ2) is 11.4. The highest BCUT2D eigenvalue weighted by molar-refractivity contribution is 5.79. The van der Waals surface area contributed by atoms with E-state index in [0.717, 1.165) is 23.6 Å². The topological polar surface area (TPSA) is 85.6 Å². The summed E-state index contributed by atoms with van der Waals surface area (Å²) in [6.07, 6.45) is -3.55. The van der Waals surface area contributed by atoms with Gasteiger partial charge in [-0.2, -0.15) is 13.2 Å². The van der Waals surface area contributed by atoms with Crippen molar-refractivity contribution in [3.05, 3.63) is 41.5 Å². The lowest BCUT2D eigenvalue weighted by atomic mass is 10.2. The number of aryl methyl sites for hydroxylation is 1. The second-order valence-electron chi connectivity index (χ2n) is 6.56. The molecule has 30 heavy (non-hydrogen) atoms. The van der Waals surface area contributed by atoms with Gasteiger partial charge in [0.1, 0.15) is 11.6 Å². The highest BCUT2D eigenvalue weighted by Gasteiger charge is 2.28. The van der Waals surface area contributed by atoms with E-state index in [-0.39, 0.29) is 5.75 Å². The molecule has 166 valence electrons. The molecular formula is C19H27F3N6O2. The van der Waals surface area contributed by atoms with Crippen LogP contribution in [0.25, 0.3) is 0 Å². The summed E-state index contributed by atoms with van der Waals surface area (Å²) in [6.45, 7) is 2.64. The third-order valence-electron chi connectivity index (χ3n) is 4.16. The lowest BCUT2D eigenvalue weighted by Crippen LogP contribution is -2.38. The Bertz CT molecular complexity index is 806. The molecule has 0 saturated heterocycles. The van der Waals surface area contributed by atoms with Crippen LogP contribution in [-0.2, 0) is 24.9 Å². The van der Waals surface area contributed by atoms with Crippen LogP contribution in [0.2, 0.25) is 0 Å². The number of aliphatic imine (C=N–C) groups is 1. The molecule has 0 radical (unpaired) electrons. The summed E-state index contributed by atoms with van der Waals surface area (Å²) < 4.78 is 48.3. The predicted octanol–water partition coefficient (Wildman–Crippen LogP) is 2.34. The summed E-state index contributed by atoms with van der Waals surface area (Å²) in [5.41, 5.74) is 0.835. The van der Waals surface area contributed by atoms with Crippen LogP contribution in [0, 0.1) is 6.92 Å². The van der Waals surface area contributed by atoms with Gasteiger partial charge in [0.2, 0.25) is 0 Å². The van der Waals surface area contributed by atoms with Gasteiger partial charge in [-0.3, -0.25) is 0 Å². The number of alkyl halides is 3. The van der Waals surface area contributed by atoms with Crippen LogP contribution in [0.4, 0.5) is 13.2 Å². The molecule has 8 nitrogen and oxygen atoms in total. The van der Waals surface area contributed by atoms with Gasteiger partial charge in [-0.15, -0.1) is 10.2 Å². The quantitative estimate of drug-likeness (QED) is 0.343. The van der Waals surface area contributed by atoms with E-state index in [0.29, 0.717) is 32.2 Å². The fraction of sp³-hybridized carbons (Fsp3) is 0.526. The van der Waals surface area contributed by atoms with Crippen LogP contribution in [0.1, 0.15) is 23.6 Å². The molecule has 0 aliphatic carbocycles. The molecule has 2 aromatic rings. The van der Waals surface area contributed by atoms with Gasteiger partial charge in [-0.25, -0.2) is 4.99 Å². The fourth-order valence-electron chi connectivity index (χ4n) is 2.39. The number of hydrogen-bond acceptors (Lipinski definition) is 5. The van der Waals surface area contributed by atoms with E-state index >= 15 is 0 Å². The van der Waals surface area contributed by atoms with Crippen molar-refractivity contribution in [1.82, 2.24) is 25.4 Å². The Hall–Kier alpha value is -2.82. The van der Waals surface area contributed by atoms with Crippen molar-refractivity contribution >= 4 is 5.96 Å². The van der Waals surface area contributed by atoms with Gasteiger partial charge in [0, 0.05) is 27.3 Å². The number of methoxy groups -OCH3 is 1. The van der Waals surface area contributed by atoms with Crippen LogP contribution in [0.15, 0.2) is 29.3 Å². The van der Waals surface area contributed by atoms with E-state index in [1.807, 2.05) is 18.5 Å². The highest BCUT2D eigenvalue weighted by atomic mass is 19.4. The molecule has 0 bridgehead atoms. The minimum absolute atomic E-state index is 0.161. The molecule has 1 aromatic heterocycles. The van der Waals surface area contributed by atoms with Crippen LogP contribution < -0.4 is 15.4 Å². The van der Waals surface area contributed by atoms with Crippen molar-refractivity contribution < 1.29 is 22.6 Å². The van der Waals surface area contributed by atoms with Crippen LogP contribution in [0.3, 0.4) is 0 Å². The average Bonchev–Trinajstić information content (AvgIpc) is 3.03. The van der Waals surface area contributed by atoms with Crippen LogP contribution in [-0.4, -0.2) is 53.8 Å². The third kappa shape index (κ3) is 8.27. The van der Waals surface area contributed by atoms with Crippen molar-refractivity contribution in [3.63, 3.8) is 0 Å². The SMILES string of the molecule is COCCCNC(=NCc1ccc(OCC(F)(F)F)cc1)NCc1nnc(C)n1C. The van der Waals surface area contributed by atoms with Gasteiger partial charge in [-0.1, -0.05) is 12.1 Å². The smallest absolute Gasteiger partial charge is 0.422 e. The lowest BCUT2D eigenvalue weighted by Gasteiger charge is -2.13. The van der Waals surface area contributed by atoms with E-state index in [2.05, 4.69) is 25.8 Å². The molecule has 2 rings (SSSR count). The van der Waals surface area contributed by atoms with E-state index in [4.69, 9.17) is 9.47 Å². The van der Waals surface area contributed by atoms with E-state index in [1.54, 1.807) is 19.2 Å². The molecule has 0 unspecified atom stereocenters. The zero-order chi connectivity index (χ0) is 22.0. The first-order chi connectivity index (χ1) is 14.3. The predicted molar refractivity (Wildman–Crippen MR) is 106 cm³/mol. The summed E-state index contributed by atoms with van der Waals surface area (Å²) in [4.78, 5) is 4.53. The minimum atomic E-state index is -4.36. The Morgan fingerprint density at radius 2 is 1.90 bits per heavy atom. The largest absolute Gasteiger partial charge is 0.484 e. The summed E-state index contributed by atoms with van der Waals surface area (Å²) >= 11 is 0. The number of ether oxygens (including phenoxy) is 2. The van der Waals surface area contributed by atoms with Gasteiger partial charge >= 0.3 is 6.18 Å². The van der Waals surface area contributed by atoms with E-state index in [9.17, 15) is 13.2 Å². The van der Waals surface area contributed by atoms with Crippen molar-refractivity contribution in [2.24, 2.45) is 12.0 Å². The van der Waals surface area contributed by atoms with Crippen LogP contribution in [0.5, 0.6) is 5.75 Å². The molecule has 0 fully saturated rings. The Labute approximate surface area is 173 Å². The molecule has 0 atom stereocenters. The number of aromatic nitrogens is 3. The molecule has 0 spiro atoms. The third-order valence-corrected chi connectivity index (χ3v) is 4.16. The highest BCUT2D eigenvalue weighted by Crippen LogP contribution is 2.19. The van der Waals surface area contributed by atoms with Gasteiger partial charge in [0.25, 0.3) is 0 Å². The minimum Gasteiger partial charge on any atom is -0.484 e. The molecule has 11 heteroatoms. The number of nitrogens with one attached hydrogen (secondary N) is 2. The number of benzene rings is 1.